The van der Waals surface area contributed by atoms with Gasteiger partial charge in [0.05, 0.1) is 12.8 Å². The van der Waals surface area contributed by atoms with Crippen molar-refractivity contribution >= 4 is 40.0 Å². The summed E-state index contributed by atoms with van der Waals surface area (Å²) in [6.45, 7) is 11.7. The van der Waals surface area contributed by atoms with E-state index in [0.29, 0.717) is 18.4 Å². The van der Waals surface area contributed by atoms with Crippen LogP contribution in [0.2, 0.25) is 0 Å². The maximum absolute atomic E-state index is 11.4. The van der Waals surface area contributed by atoms with Gasteiger partial charge in [0, 0.05) is 18.6 Å². The number of sulfonamides is 1. The van der Waals surface area contributed by atoms with E-state index in [1.54, 1.807) is 0 Å². The first-order valence-corrected chi connectivity index (χ1v) is 10.5. The minimum absolute atomic E-state index is 0. The van der Waals surface area contributed by atoms with Crippen molar-refractivity contribution in [3.63, 3.8) is 0 Å². The number of nitrogens with zero attached hydrogens (tertiary/aromatic N) is 1. The zero-order chi connectivity index (χ0) is 19.1. The average molecular weight is 496 g/mol. The molecule has 1 aromatic carbocycles. The lowest BCUT2D eigenvalue weighted by atomic mass is 9.99. The highest BCUT2D eigenvalue weighted by atomic mass is 127. The maximum atomic E-state index is 11.4. The van der Waals surface area contributed by atoms with Gasteiger partial charge in [-0.1, -0.05) is 36.8 Å². The number of rotatable bonds is 8. The van der Waals surface area contributed by atoms with Gasteiger partial charge in [0.2, 0.25) is 10.0 Å². The Morgan fingerprint density at radius 2 is 1.92 bits per heavy atom. The molecule has 1 rings (SSSR count). The summed E-state index contributed by atoms with van der Waals surface area (Å²) < 4.78 is 25.5. The molecule has 0 aliphatic heterocycles. The molecule has 0 aliphatic carbocycles. The number of nitrogens with one attached hydrogen (secondary N) is 3. The number of hydrogen-bond donors (Lipinski definition) is 3. The Balaban J connectivity index is 0.00000625. The highest BCUT2D eigenvalue weighted by molar-refractivity contribution is 14.0. The summed E-state index contributed by atoms with van der Waals surface area (Å²) in [5.74, 6) is 1.02. The molecule has 0 aromatic heterocycles. The van der Waals surface area contributed by atoms with Crippen LogP contribution in [0.25, 0.3) is 0 Å². The summed E-state index contributed by atoms with van der Waals surface area (Å²) in [5.41, 5.74) is 1.89. The number of aryl methyl sites for hydroxylation is 1. The van der Waals surface area contributed by atoms with Gasteiger partial charge in [-0.25, -0.2) is 13.1 Å². The van der Waals surface area contributed by atoms with E-state index in [1.807, 2.05) is 20.8 Å². The molecule has 0 amide bonds. The van der Waals surface area contributed by atoms with Crippen LogP contribution < -0.4 is 15.4 Å². The lowest BCUT2D eigenvalue weighted by molar-refractivity contribution is 0.464. The fourth-order valence-corrected chi connectivity index (χ4v) is 3.57. The van der Waals surface area contributed by atoms with E-state index in [2.05, 4.69) is 58.5 Å². The standard InChI is InChI=1S/C18H32N4O2S.HI/c1-7-19-17(21-13-18(4,5)22-25(6,23)24)20-12-15(3)16-10-8-9-14(2)11-16;/h8-11,15,22H,7,12-13H2,1-6H3,(H2,19,20,21);1H. The third-order valence-electron chi connectivity index (χ3n) is 3.63. The van der Waals surface area contributed by atoms with Crippen molar-refractivity contribution in [2.75, 3.05) is 25.9 Å². The van der Waals surface area contributed by atoms with Crippen LogP contribution in [0.1, 0.15) is 44.7 Å². The van der Waals surface area contributed by atoms with E-state index >= 15 is 0 Å². The van der Waals surface area contributed by atoms with Crippen LogP contribution in [-0.2, 0) is 10.0 Å². The molecule has 0 spiro atoms. The van der Waals surface area contributed by atoms with Crippen LogP contribution in [0.4, 0.5) is 0 Å². The van der Waals surface area contributed by atoms with Crippen LogP contribution >= 0.6 is 24.0 Å². The Hall–Kier alpha value is -0.870. The summed E-state index contributed by atoms with van der Waals surface area (Å²) in [6, 6.07) is 8.48. The summed E-state index contributed by atoms with van der Waals surface area (Å²) >= 11 is 0. The molecule has 150 valence electrons. The van der Waals surface area contributed by atoms with Crippen LogP contribution in [0.5, 0.6) is 0 Å². The molecular weight excluding hydrogens is 463 g/mol. The highest BCUT2D eigenvalue weighted by Crippen LogP contribution is 2.15. The molecule has 0 saturated carbocycles. The van der Waals surface area contributed by atoms with Crippen molar-refractivity contribution < 1.29 is 8.42 Å². The van der Waals surface area contributed by atoms with Crippen molar-refractivity contribution in [3.8, 4) is 0 Å². The molecule has 0 heterocycles. The second-order valence-electron chi connectivity index (χ2n) is 7.15. The van der Waals surface area contributed by atoms with Crippen molar-refractivity contribution in [2.24, 2.45) is 4.99 Å². The highest BCUT2D eigenvalue weighted by Gasteiger charge is 2.22. The monoisotopic (exact) mass is 496 g/mol. The first-order valence-electron chi connectivity index (χ1n) is 8.60. The predicted octanol–water partition coefficient (Wildman–Crippen LogP) is 2.60. The molecule has 0 aliphatic rings. The van der Waals surface area contributed by atoms with Gasteiger partial charge in [0.25, 0.3) is 0 Å². The topological polar surface area (TPSA) is 82.6 Å². The molecule has 1 unspecified atom stereocenters. The molecule has 0 saturated heterocycles. The Morgan fingerprint density at radius 1 is 1.27 bits per heavy atom. The second-order valence-corrected chi connectivity index (χ2v) is 8.90. The summed E-state index contributed by atoms with van der Waals surface area (Å²) in [4.78, 5) is 4.52. The number of hydrogen-bond acceptors (Lipinski definition) is 3. The van der Waals surface area contributed by atoms with Gasteiger partial charge in [-0.15, -0.1) is 24.0 Å². The largest absolute Gasteiger partial charge is 0.357 e. The zero-order valence-corrected chi connectivity index (χ0v) is 19.7. The zero-order valence-electron chi connectivity index (χ0n) is 16.6. The maximum Gasteiger partial charge on any atom is 0.209 e. The summed E-state index contributed by atoms with van der Waals surface area (Å²) in [5, 5.41) is 6.53. The molecule has 6 nitrogen and oxygen atoms in total. The number of halogens is 1. The Labute approximate surface area is 175 Å². The lowest BCUT2D eigenvalue weighted by Gasteiger charge is -2.24. The number of benzene rings is 1. The van der Waals surface area contributed by atoms with Crippen LogP contribution in [0, 0.1) is 6.92 Å². The third-order valence-corrected chi connectivity index (χ3v) is 4.55. The summed E-state index contributed by atoms with van der Waals surface area (Å²) in [6.07, 6.45) is 1.16. The molecule has 3 N–H and O–H groups in total. The van der Waals surface area contributed by atoms with E-state index in [9.17, 15) is 8.42 Å². The average Bonchev–Trinajstić information content (AvgIpc) is 2.47. The first-order chi connectivity index (χ1) is 11.5. The van der Waals surface area contributed by atoms with E-state index in [1.165, 1.54) is 11.1 Å². The van der Waals surface area contributed by atoms with Gasteiger partial charge in [0.1, 0.15) is 0 Å². The van der Waals surface area contributed by atoms with E-state index in [0.717, 1.165) is 19.3 Å². The third kappa shape index (κ3) is 10.3. The van der Waals surface area contributed by atoms with Gasteiger partial charge in [-0.2, -0.15) is 0 Å². The fourth-order valence-electron chi connectivity index (χ4n) is 2.50. The lowest BCUT2D eigenvalue weighted by Crippen LogP contribution is -2.47. The molecule has 1 atom stereocenters. The molecule has 0 radical (unpaired) electrons. The van der Waals surface area contributed by atoms with E-state index < -0.39 is 15.6 Å². The SMILES string of the molecule is CCNC(=NCC(C)(C)NS(C)(=O)=O)NCC(C)c1cccc(C)c1.I. The van der Waals surface area contributed by atoms with E-state index in [-0.39, 0.29) is 24.0 Å². The fraction of sp³-hybridized carbons (Fsp3) is 0.611. The van der Waals surface area contributed by atoms with Crippen molar-refractivity contribution in [1.29, 1.82) is 0 Å². The molecule has 0 bridgehead atoms. The molecule has 1 aromatic rings. The Kier molecular flexibility index (Phi) is 10.7. The molecule has 8 heteroatoms. The normalized spacial score (nSPS) is 13.7. The Bertz CT molecular complexity index is 690. The quantitative estimate of drug-likeness (QED) is 0.294. The van der Waals surface area contributed by atoms with Crippen LogP contribution in [0.15, 0.2) is 29.3 Å². The van der Waals surface area contributed by atoms with Crippen molar-refractivity contribution in [3.05, 3.63) is 35.4 Å². The smallest absolute Gasteiger partial charge is 0.209 e. The minimum atomic E-state index is -3.27. The van der Waals surface area contributed by atoms with Gasteiger partial charge in [-0.05, 0) is 39.2 Å². The second kappa shape index (κ2) is 11.1. The van der Waals surface area contributed by atoms with Crippen molar-refractivity contribution in [1.82, 2.24) is 15.4 Å². The molecule has 26 heavy (non-hydrogen) atoms. The van der Waals surface area contributed by atoms with Crippen LogP contribution in [0.3, 0.4) is 0 Å². The molecular formula is C18H33IN4O2S. The van der Waals surface area contributed by atoms with E-state index in [4.69, 9.17) is 0 Å². The van der Waals surface area contributed by atoms with Gasteiger partial charge in [0.15, 0.2) is 5.96 Å². The van der Waals surface area contributed by atoms with Crippen LogP contribution in [-0.4, -0.2) is 45.8 Å². The van der Waals surface area contributed by atoms with Crippen molar-refractivity contribution in [2.45, 2.75) is 46.1 Å². The minimum Gasteiger partial charge on any atom is -0.357 e. The summed E-state index contributed by atoms with van der Waals surface area (Å²) in [7, 11) is -3.27. The molecule has 0 fully saturated rings. The number of aliphatic imine (C=N–C) groups is 1. The van der Waals surface area contributed by atoms with Gasteiger partial charge < -0.3 is 10.6 Å². The van der Waals surface area contributed by atoms with Gasteiger partial charge >= 0.3 is 0 Å². The predicted molar refractivity (Wildman–Crippen MR) is 121 cm³/mol. The Morgan fingerprint density at radius 3 is 2.46 bits per heavy atom. The first kappa shape index (κ1) is 25.1. The number of guanidine groups is 1. The van der Waals surface area contributed by atoms with Gasteiger partial charge in [-0.3, -0.25) is 4.99 Å².